The molecule has 1 amide bonds. The Bertz CT molecular complexity index is 380. The van der Waals surface area contributed by atoms with E-state index in [1.165, 1.54) is 0 Å². The van der Waals surface area contributed by atoms with Gasteiger partial charge in [0.05, 0.1) is 12.6 Å². The molecule has 1 rings (SSSR count). The number of hydrogen-bond donors (Lipinski definition) is 2. The number of amides is 1. The van der Waals surface area contributed by atoms with Crippen LogP contribution in [0.25, 0.3) is 0 Å². The third-order valence-corrected chi connectivity index (χ3v) is 2.47. The number of ether oxygens (including phenoxy) is 1. The number of nitrogens with one attached hydrogen (secondary N) is 2. The Morgan fingerprint density at radius 3 is 2.89 bits per heavy atom. The van der Waals surface area contributed by atoms with Crippen LogP contribution in [0.1, 0.15) is 19.4 Å². The van der Waals surface area contributed by atoms with Crippen molar-refractivity contribution in [3.8, 4) is 0 Å². The molecule has 0 radical (unpaired) electrons. The minimum absolute atomic E-state index is 0.0377. The summed E-state index contributed by atoms with van der Waals surface area (Å²) in [6.07, 6.45) is 0.127. The van der Waals surface area contributed by atoms with Crippen LogP contribution in [-0.4, -0.2) is 31.7 Å². The first-order valence-electron chi connectivity index (χ1n) is 6.30. The molecule has 0 saturated heterocycles. The van der Waals surface area contributed by atoms with Gasteiger partial charge in [-0.3, -0.25) is 4.79 Å². The normalized spacial score (nSPS) is 12.2. The highest BCUT2D eigenvalue weighted by Gasteiger charge is 2.04. The van der Waals surface area contributed by atoms with Crippen molar-refractivity contribution in [1.29, 1.82) is 0 Å². The van der Waals surface area contributed by atoms with E-state index in [0.29, 0.717) is 19.7 Å². The summed E-state index contributed by atoms with van der Waals surface area (Å²) < 4.78 is 5.36. The summed E-state index contributed by atoms with van der Waals surface area (Å²) in [6, 6.07) is 7.75. The van der Waals surface area contributed by atoms with Gasteiger partial charge in [-0.25, -0.2) is 0 Å². The molecule has 0 spiro atoms. The van der Waals surface area contributed by atoms with Crippen molar-refractivity contribution in [2.45, 2.75) is 26.9 Å². The summed E-state index contributed by atoms with van der Waals surface area (Å²) in [6.45, 7) is 7.60. The maximum atomic E-state index is 11.6. The van der Waals surface area contributed by atoms with Crippen molar-refractivity contribution < 1.29 is 9.53 Å². The average molecular weight is 250 g/mol. The number of rotatable bonds is 7. The van der Waals surface area contributed by atoms with E-state index in [1.54, 1.807) is 0 Å². The third-order valence-electron chi connectivity index (χ3n) is 2.47. The van der Waals surface area contributed by atoms with Gasteiger partial charge in [-0.05, 0) is 38.5 Å². The standard InChI is InChI=1S/C14H22N2O2/c1-4-18-12(3)9-15-10-14(17)16-13-7-5-6-11(2)8-13/h5-8,12,15H,4,9-10H2,1-3H3,(H,16,17). The molecule has 100 valence electrons. The topological polar surface area (TPSA) is 50.4 Å². The summed E-state index contributed by atoms with van der Waals surface area (Å²) in [5, 5.41) is 5.91. The summed E-state index contributed by atoms with van der Waals surface area (Å²) in [5.74, 6) is -0.0377. The van der Waals surface area contributed by atoms with Crippen molar-refractivity contribution >= 4 is 11.6 Å². The highest BCUT2D eigenvalue weighted by molar-refractivity contribution is 5.92. The Balaban J connectivity index is 2.25. The predicted octanol–water partition coefficient (Wildman–Crippen LogP) is 1.95. The van der Waals surface area contributed by atoms with Crippen LogP contribution in [-0.2, 0) is 9.53 Å². The van der Waals surface area contributed by atoms with Gasteiger partial charge in [0.15, 0.2) is 0 Å². The van der Waals surface area contributed by atoms with E-state index in [-0.39, 0.29) is 12.0 Å². The Morgan fingerprint density at radius 2 is 2.22 bits per heavy atom. The molecule has 1 unspecified atom stereocenters. The van der Waals surface area contributed by atoms with E-state index in [1.807, 2.05) is 45.0 Å². The molecular weight excluding hydrogens is 228 g/mol. The first-order valence-corrected chi connectivity index (χ1v) is 6.30. The van der Waals surface area contributed by atoms with Crippen molar-refractivity contribution in [3.63, 3.8) is 0 Å². The molecule has 0 aromatic heterocycles. The smallest absolute Gasteiger partial charge is 0.238 e. The fourth-order valence-corrected chi connectivity index (χ4v) is 1.66. The van der Waals surface area contributed by atoms with Gasteiger partial charge in [-0.2, -0.15) is 0 Å². The second kappa shape index (κ2) is 7.84. The molecule has 0 bridgehead atoms. The lowest BCUT2D eigenvalue weighted by Gasteiger charge is -2.12. The Labute approximate surface area is 109 Å². The first kappa shape index (κ1) is 14.7. The molecule has 18 heavy (non-hydrogen) atoms. The van der Waals surface area contributed by atoms with Crippen LogP contribution in [0.4, 0.5) is 5.69 Å². The van der Waals surface area contributed by atoms with Crippen LogP contribution in [0.3, 0.4) is 0 Å². The number of benzene rings is 1. The molecule has 0 aliphatic rings. The second-order valence-corrected chi connectivity index (χ2v) is 4.31. The summed E-state index contributed by atoms with van der Waals surface area (Å²) in [4.78, 5) is 11.6. The number of aryl methyl sites for hydroxylation is 1. The van der Waals surface area contributed by atoms with Crippen molar-refractivity contribution in [2.24, 2.45) is 0 Å². The molecule has 4 nitrogen and oxygen atoms in total. The zero-order chi connectivity index (χ0) is 13.4. The summed E-state index contributed by atoms with van der Waals surface area (Å²) in [5.41, 5.74) is 1.96. The van der Waals surface area contributed by atoms with Crippen LogP contribution in [0.2, 0.25) is 0 Å². The van der Waals surface area contributed by atoms with Crippen LogP contribution >= 0.6 is 0 Å². The Morgan fingerprint density at radius 1 is 1.44 bits per heavy atom. The van der Waals surface area contributed by atoms with E-state index in [2.05, 4.69) is 10.6 Å². The maximum absolute atomic E-state index is 11.6. The molecule has 1 aromatic carbocycles. The lowest BCUT2D eigenvalue weighted by Crippen LogP contribution is -2.33. The van der Waals surface area contributed by atoms with Gasteiger partial charge < -0.3 is 15.4 Å². The van der Waals surface area contributed by atoms with Gasteiger partial charge in [-0.15, -0.1) is 0 Å². The van der Waals surface area contributed by atoms with E-state index in [9.17, 15) is 4.79 Å². The monoisotopic (exact) mass is 250 g/mol. The Kier molecular flexibility index (Phi) is 6.39. The molecule has 1 aromatic rings. The van der Waals surface area contributed by atoms with Crippen LogP contribution in [0.5, 0.6) is 0 Å². The second-order valence-electron chi connectivity index (χ2n) is 4.31. The van der Waals surface area contributed by atoms with E-state index in [0.717, 1.165) is 11.3 Å². The molecule has 0 aliphatic heterocycles. The fourth-order valence-electron chi connectivity index (χ4n) is 1.66. The largest absolute Gasteiger partial charge is 0.377 e. The van der Waals surface area contributed by atoms with Crippen LogP contribution in [0.15, 0.2) is 24.3 Å². The quantitative estimate of drug-likeness (QED) is 0.777. The third kappa shape index (κ3) is 5.80. The highest BCUT2D eigenvalue weighted by atomic mass is 16.5. The van der Waals surface area contributed by atoms with E-state index in [4.69, 9.17) is 4.74 Å². The molecule has 0 aliphatic carbocycles. The fraction of sp³-hybridized carbons (Fsp3) is 0.500. The van der Waals surface area contributed by atoms with Crippen LogP contribution in [0, 0.1) is 6.92 Å². The molecule has 1 atom stereocenters. The summed E-state index contributed by atoms with van der Waals surface area (Å²) in [7, 11) is 0. The minimum atomic E-state index is -0.0377. The van der Waals surface area contributed by atoms with Gasteiger partial charge in [0, 0.05) is 18.8 Å². The lowest BCUT2D eigenvalue weighted by atomic mass is 10.2. The molecule has 0 heterocycles. The maximum Gasteiger partial charge on any atom is 0.238 e. The Hall–Kier alpha value is -1.39. The van der Waals surface area contributed by atoms with Crippen molar-refractivity contribution in [1.82, 2.24) is 5.32 Å². The van der Waals surface area contributed by atoms with Gasteiger partial charge in [-0.1, -0.05) is 12.1 Å². The highest BCUT2D eigenvalue weighted by Crippen LogP contribution is 2.08. The molecule has 0 fully saturated rings. The minimum Gasteiger partial charge on any atom is -0.377 e. The predicted molar refractivity (Wildman–Crippen MR) is 73.8 cm³/mol. The average Bonchev–Trinajstić information content (AvgIpc) is 2.29. The number of carbonyl (C=O) groups excluding carboxylic acids is 1. The van der Waals surface area contributed by atoms with E-state index >= 15 is 0 Å². The number of hydrogen-bond acceptors (Lipinski definition) is 3. The van der Waals surface area contributed by atoms with E-state index < -0.39 is 0 Å². The SMILES string of the molecule is CCOC(C)CNCC(=O)Nc1cccc(C)c1. The lowest BCUT2D eigenvalue weighted by molar-refractivity contribution is -0.115. The molecule has 4 heteroatoms. The number of carbonyl (C=O) groups is 1. The van der Waals surface area contributed by atoms with Gasteiger partial charge in [0.1, 0.15) is 0 Å². The summed E-state index contributed by atoms with van der Waals surface area (Å²) >= 11 is 0. The molecular formula is C14H22N2O2. The zero-order valence-corrected chi connectivity index (χ0v) is 11.3. The van der Waals surface area contributed by atoms with Gasteiger partial charge >= 0.3 is 0 Å². The van der Waals surface area contributed by atoms with Gasteiger partial charge in [0.2, 0.25) is 5.91 Å². The van der Waals surface area contributed by atoms with Crippen molar-refractivity contribution in [3.05, 3.63) is 29.8 Å². The first-order chi connectivity index (χ1) is 8.61. The number of anilines is 1. The molecule has 2 N–H and O–H groups in total. The van der Waals surface area contributed by atoms with Crippen molar-refractivity contribution in [2.75, 3.05) is 25.0 Å². The molecule has 0 saturated carbocycles. The van der Waals surface area contributed by atoms with Gasteiger partial charge in [0.25, 0.3) is 0 Å². The van der Waals surface area contributed by atoms with Crippen LogP contribution < -0.4 is 10.6 Å². The zero-order valence-electron chi connectivity index (χ0n) is 11.3.